The summed E-state index contributed by atoms with van der Waals surface area (Å²) in [6.07, 6.45) is 5.90. The Morgan fingerprint density at radius 2 is 1.94 bits per heavy atom. The molecule has 0 bridgehead atoms. The van der Waals surface area contributed by atoms with Crippen LogP contribution in [0.3, 0.4) is 0 Å². The van der Waals surface area contributed by atoms with Gasteiger partial charge in [0.2, 0.25) is 0 Å². The second-order valence-corrected chi connectivity index (χ2v) is 6.05. The number of hydrogen-bond acceptors (Lipinski definition) is 4. The number of aromatic nitrogens is 2. The van der Waals surface area contributed by atoms with Gasteiger partial charge in [0.15, 0.2) is 0 Å². The number of halogens is 1. The monoisotopic (exact) mass is 312 g/mol. The zero-order valence-electron chi connectivity index (χ0n) is 11.1. The molecule has 1 heterocycles. The minimum absolute atomic E-state index is 0.558. The summed E-state index contributed by atoms with van der Waals surface area (Å²) in [5, 5.41) is 0. The SMILES string of the molecule is CN(C)CCc1nc(N)c(Br)c(C2CCCC2)n1. The van der Waals surface area contributed by atoms with Gasteiger partial charge in [-0.1, -0.05) is 12.8 Å². The maximum Gasteiger partial charge on any atom is 0.141 e. The predicted molar refractivity (Wildman–Crippen MR) is 77.6 cm³/mol. The third-order valence-electron chi connectivity index (χ3n) is 3.47. The Kier molecular flexibility index (Phi) is 4.56. The summed E-state index contributed by atoms with van der Waals surface area (Å²) in [4.78, 5) is 11.2. The van der Waals surface area contributed by atoms with E-state index >= 15 is 0 Å². The van der Waals surface area contributed by atoms with E-state index in [1.165, 1.54) is 25.7 Å². The van der Waals surface area contributed by atoms with Crippen LogP contribution in [-0.2, 0) is 6.42 Å². The summed E-state index contributed by atoms with van der Waals surface area (Å²) in [6, 6.07) is 0. The van der Waals surface area contributed by atoms with Crippen molar-refractivity contribution in [3.05, 3.63) is 16.0 Å². The normalized spacial score (nSPS) is 16.7. The first-order valence-electron chi connectivity index (χ1n) is 6.54. The Labute approximate surface area is 117 Å². The van der Waals surface area contributed by atoms with Gasteiger partial charge in [0.25, 0.3) is 0 Å². The van der Waals surface area contributed by atoms with Crippen LogP contribution in [0.5, 0.6) is 0 Å². The third kappa shape index (κ3) is 3.20. The van der Waals surface area contributed by atoms with Crippen LogP contribution in [0.2, 0.25) is 0 Å². The highest BCUT2D eigenvalue weighted by Gasteiger charge is 2.23. The van der Waals surface area contributed by atoms with E-state index in [4.69, 9.17) is 10.7 Å². The van der Waals surface area contributed by atoms with Crippen LogP contribution in [0.4, 0.5) is 5.82 Å². The van der Waals surface area contributed by atoms with E-state index in [2.05, 4.69) is 39.9 Å². The molecule has 0 aromatic carbocycles. The molecule has 1 aliphatic carbocycles. The van der Waals surface area contributed by atoms with Crippen LogP contribution in [0, 0.1) is 0 Å². The van der Waals surface area contributed by atoms with Crippen molar-refractivity contribution < 1.29 is 0 Å². The largest absolute Gasteiger partial charge is 0.383 e. The Morgan fingerprint density at radius 1 is 1.28 bits per heavy atom. The maximum absolute atomic E-state index is 5.98. The van der Waals surface area contributed by atoms with Crippen molar-refractivity contribution in [1.29, 1.82) is 0 Å². The molecule has 0 saturated heterocycles. The first-order chi connectivity index (χ1) is 8.58. The number of nitrogen functional groups attached to an aromatic ring is 1. The zero-order valence-corrected chi connectivity index (χ0v) is 12.7. The summed E-state index contributed by atoms with van der Waals surface area (Å²) in [5.74, 6) is 2.01. The fraction of sp³-hybridized carbons (Fsp3) is 0.692. The van der Waals surface area contributed by atoms with Gasteiger partial charge in [-0.2, -0.15) is 0 Å². The lowest BCUT2D eigenvalue weighted by Crippen LogP contribution is -2.17. The topological polar surface area (TPSA) is 55.0 Å². The molecule has 1 saturated carbocycles. The van der Waals surface area contributed by atoms with Crippen LogP contribution in [0.25, 0.3) is 0 Å². The van der Waals surface area contributed by atoms with Gasteiger partial charge < -0.3 is 10.6 Å². The van der Waals surface area contributed by atoms with Crippen molar-refractivity contribution in [3.8, 4) is 0 Å². The van der Waals surface area contributed by atoms with E-state index in [0.29, 0.717) is 11.7 Å². The summed E-state index contributed by atoms with van der Waals surface area (Å²) in [6.45, 7) is 0.950. The molecule has 1 fully saturated rings. The van der Waals surface area contributed by atoms with Gasteiger partial charge in [0, 0.05) is 18.9 Å². The molecule has 100 valence electrons. The smallest absolute Gasteiger partial charge is 0.141 e. The lowest BCUT2D eigenvalue weighted by molar-refractivity contribution is 0.409. The van der Waals surface area contributed by atoms with Crippen LogP contribution in [0.1, 0.15) is 43.1 Å². The van der Waals surface area contributed by atoms with Crippen LogP contribution < -0.4 is 5.73 Å². The molecule has 0 amide bonds. The first kappa shape index (κ1) is 13.7. The molecule has 2 N–H and O–H groups in total. The molecule has 0 atom stereocenters. The minimum atomic E-state index is 0.558. The summed E-state index contributed by atoms with van der Waals surface area (Å²) in [7, 11) is 4.11. The Morgan fingerprint density at radius 3 is 2.56 bits per heavy atom. The van der Waals surface area contributed by atoms with Gasteiger partial charge in [-0.15, -0.1) is 0 Å². The average Bonchev–Trinajstić information content (AvgIpc) is 2.84. The van der Waals surface area contributed by atoms with E-state index in [9.17, 15) is 0 Å². The highest BCUT2D eigenvalue weighted by Crippen LogP contribution is 2.38. The molecule has 1 aromatic rings. The fourth-order valence-electron chi connectivity index (χ4n) is 2.44. The number of rotatable bonds is 4. The number of nitrogens with two attached hydrogens (primary N) is 1. The Hall–Kier alpha value is -0.680. The van der Waals surface area contributed by atoms with Crippen molar-refractivity contribution in [2.24, 2.45) is 0 Å². The van der Waals surface area contributed by atoms with Crippen molar-refractivity contribution in [1.82, 2.24) is 14.9 Å². The highest BCUT2D eigenvalue weighted by atomic mass is 79.9. The van der Waals surface area contributed by atoms with Crippen LogP contribution in [-0.4, -0.2) is 35.5 Å². The fourth-order valence-corrected chi connectivity index (χ4v) is 2.94. The molecule has 18 heavy (non-hydrogen) atoms. The quantitative estimate of drug-likeness (QED) is 0.928. The van der Waals surface area contributed by atoms with Crippen molar-refractivity contribution in [3.63, 3.8) is 0 Å². The van der Waals surface area contributed by atoms with E-state index in [1.54, 1.807) is 0 Å². The Balaban J connectivity index is 2.21. The van der Waals surface area contributed by atoms with E-state index in [-0.39, 0.29) is 0 Å². The van der Waals surface area contributed by atoms with Crippen molar-refractivity contribution in [2.75, 3.05) is 26.4 Å². The first-order valence-corrected chi connectivity index (χ1v) is 7.33. The second-order valence-electron chi connectivity index (χ2n) is 5.26. The summed E-state index contributed by atoms with van der Waals surface area (Å²) < 4.78 is 0.906. The molecule has 1 aliphatic rings. The molecule has 2 rings (SSSR count). The number of hydrogen-bond donors (Lipinski definition) is 1. The molecule has 0 unspecified atom stereocenters. The maximum atomic E-state index is 5.98. The Bertz CT molecular complexity index is 414. The molecule has 1 aromatic heterocycles. The van der Waals surface area contributed by atoms with E-state index in [0.717, 1.165) is 29.0 Å². The zero-order chi connectivity index (χ0) is 13.1. The number of likely N-dealkylation sites (N-methyl/N-ethyl adjacent to an activating group) is 1. The minimum Gasteiger partial charge on any atom is -0.383 e. The van der Waals surface area contributed by atoms with Gasteiger partial charge in [-0.25, -0.2) is 9.97 Å². The molecule has 0 aliphatic heterocycles. The number of nitrogens with zero attached hydrogens (tertiary/aromatic N) is 3. The average molecular weight is 313 g/mol. The lowest BCUT2D eigenvalue weighted by atomic mass is 10.0. The van der Waals surface area contributed by atoms with Gasteiger partial charge >= 0.3 is 0 Å². The summed E-state index contributed by atoms with van der Waals surface area (Å²) in [5.41, 5.74) is 7.10. The van der Waals surface area contributed by atoms with E-state index < -0.39 is 0 Å². The second kappa shape index (κ2) is 5.97. The van der Waals surface area contributed by atoms with Gasteiger partial charge in [-0.3, -0.25) is 0 Å². The predicted octanol–water partition coefficient (Wildman–Crippen LogP) is 2.58. The molecule has 4 nitrogen and oxygen atoms in total. The highest BCUT2D eigenvalue weighted by molar-refractivity contribution is 9.10. The lowest BCUT2D eigenvalue weighted by Gasteiger charge is -2.15. The molecule has 0 radical (unpaired) electrons. The van der Waals surface area contributed by atoms with Crippen LogP contribution in [0.15, 0.2) is 4.47 Å². The number of anilines is 1. The molecular formula is C13H21BrN4. The molecule has 5 heteroatoms. The molecule has 0 spiro atoms. The third-order valence-corrected chi connectivity index (χ3v) is 4.29. The van der Waals surface area contributed by atoms with Crippen molar-refractivity contribution in [2.45, 2.75) is 38.0 Å². The van der Waals surface area contributed by atoms with Crippen molar-refractivity contribution >= 4 is 21.7 Å². The van der Waals surface area contributed by atoms with Crippen LogP contribution >= 0.6 is 15.9 Å². The van der Waals surface area contributed by atoms with E-state index in [1.807, 2.05) is 0 Å². The van der Waals surface area contributed by atoms with Gasteiger partial charge in [0.1, 0.15) is 11.6 Å². The summed E-state index contributed by atoms with van der Waals surface area (Å²) >= 11 is 3.54. The van der Waals surface area contributed by atoms with Gasteiger partial charge in [-0.05, 0) is 42.9 Å². The molecular weight excluding hydrogens is 292 g/mol. The van der Waals surface area contributed by atoms with Gasteiger partial charge in [0.05, 0.1) is 10.2 Å². The standard InChI is InChI=1S/C13H21BrN4/c1-18(2)8-7-10-16-12(9-5-3-4-6-9)11(14)13(15)17-10/h9H,3-8H2,1-2H3,(H2,15,16,17).